The number of aliphatic carboxylic acids is 1. The maximum absolute atomic E-state index is 10.4. The van der Waals surface area contributed by atoms with Gasteiger partial charge < -0.3 is 15.9 Å². The summed E-state index contributed by atoms with van der Waals surface area (Å²) >= 11 is 0. The number of rotatable bonds is 20. The lowest BCUT2D eigenvalue weighted by molar-refractivity contribution is -0.137. The fraction of sp³-hybridized carbons (Fsp3) is 0.913. The van der Waals surface area contributed by atoms with Crippen molar-refractivity contribution in [1.82, 2.24) is 0 Å². The van der Waals surface area contributed by atoms with Gasteiger partial charge in [0.15, 0.2) is 0 Å². The average molecular weight is 402 g/mol. The topological polar surface area (TPSA) is 101 Å². The number of carbonyl (C=O) groups is 2. The van der Waals surface area contributed by atoms with E-state index in [9.17, 15) is 4.79 Å². The average Bonchev–Trinajstić information content (AvgIpc) is 2.63. The first-order chi connectivity index (χ1) is 13.5. The molecule has 28 heavy (non-hydrogen) atoms. The summed E-state index contributed by atoms with van der Waals surface area (Å²) in [7, 11) is 0. The second-order valence-corrected chi connectivity index (χ2v) is 7.85. The van der Waals surface area contributed by atoms with Gasteiger partial charge in [0.05, 0.1) is 0 Å². The molecule has 0 aromatic carbocycles. The third kappa shape index (κ3) is 35.8. The number of carboxylic acids is 1. The van der Waals surface area contributed by atoms with Crippen molar-refractivity contribution >= 4 is 12.1 Å². The molecule has 0 aromatic heterocycles. The Kier molecular flexibility index (Phi) is 26.6. The molecule has 4 N–H and O–H groups in total. The molecular weight excluding hydrogens is 354 g/mol. The van der Waals surface area contributed by atoms with Gasteiger partial charge >= 0.3 is 12.1 Å². The minimum Gasteiger partial charge on any atom is -0.481 e. The molecule has 0 spiro atoms. The molecule has 0 aliphatic rings. The number of carboxylic acid groups (broad SMARTS) is 2. The molecule has 0 rings (SSSR count). The Morgan fingerprint density at radius 2 is 0.750 bits per heavy atom. The van der Waals surface area contributed by atoms with Crippen LogP contribution in [0.4, 0.5) is 4.79 Å². The van der Waals surface area contributed by atoms with Gasteiger partial charge in [-0.2, -0.15) is 0 Å². The van der Waals surface area contributed by atoms with Crippen molar-refractivity contribution < 1.29 is 19.8 Å². The van der Waals surface area contributed by atoms with E-state index in [0.29, 0.717) is 6.42 Å². The van der Waals surface area contributed by atoms with Crippen LogP contribution in [0.15, 0.2) is 0 Å². The minimum absolute atomic E-state index is 0.346. The maximum atomic E-state index is 10.4. The van der Waals surface area contributed by atoms with Gasteiger partial charge in [0.2, 0.25) is 0 Å². The molecule has 0 fully saturated rings. The number of nitrogens with two attached hydrogens (primary N) is 1. The van der Waals surface area contributed by atoms with Crippen molar-refractivity contribution in [2.24, 2.45) is 5.73 Å². The van der Waals surface area contributed by atoms with Crippen LogP contribution >= 0.6 is 0 Å². The quantitative estimate of drug-likeness (QED) is 0.184. The fourth-order valence-corrected chi connectivity index (χ4v) is 3.35. The van der Waals surface area contributed by atoms with E-state index >= 15 is 0 Å². The first-order valence-corrected chi connectivity index (χ1v) is 11.7. The summed E-state index contributed by atoms with van der Waals surface area (Å²) in [6.07, 6.45) is 24.8. The SMILES string of the molecule is CCCCCCCCCCCCCCCCCCCCCC(=O)O.NC(=O)O. The van der Waals surface area contributed by atoms with Crippen molar-refractivity contribution in [3.63, 3.8) is 0 Å². The van der Waals surface area contributed by atoms with Crippen molar-refractivity contribution in [2.75, 3.05) is 0 Å². The molecular formula is C23H47NO4. The molecule has 0 saturated carbocycles. The molecule has 0 aliphatic heterocycles. The summed E-state index contributed by atoms with van der Waals surface area (Å²) in [5.74, 6) is -0.651. The monoisotopic (exact) mass is 401 g/mol. The molecule has 0 atom stereocenters. The zero-order chi connectivity index (χ0) is 21.3. The highest BCUT2D eigenvalue weighted by Gasteiger charge is 1.97. The number of hydrogen-bond donors (Lipinski definition) is 3. The van der Waals surface area contributed by atoms with Gasteiger partial charge in [-0.05, 0) is 6.42 Å². The van der Waals surface area contributed by atoms with Crippen molar-refractivity contribution in [3.8, 4) is 0 Å². The molecule has 0 aromatic rings. The predicted octanol–water partition coefficient (Wildman–Crippen LogP) is 7.52. The highest BCUT2D eigenvalue weighted by molar-refractivity contribution is 5.66. The van der Waals surface area contributed by atoms with Crippen molar-refractivity contribution in [1.29, 1.82) is 0 Å². The molecule has 5 heteroatoms. The van der Waals surface area contributed by atoms with Crippen LogP contribution in [0.5, 0.6) is 0 Å². The maximum Gasteiger partial charge on any atom is 0.402 e. The van der Waals surface area contributed by atoms with Crippen LogP contribution in [0.25, 0.3) is 0 Å². The largest absolute Gasteiger partial charge is 0.481 e. The van der Waals surface area contributed by atoms with E-state index in [2.05, 4.69) is 12.7 Å². The zero-order valence-corrected chi connectivity index (χ0v) is 18.4. The predicted molar refractivity (Wildman–Crippen MR) is 118 cm³/mol. The standard InChI is InChI=1S/C22H44O2.CH3NO2/c1-2-3-4-5-6-7-8-9-10-11-12-13-14-15-16-17-18-19-20-21-22(23)24;2-1(3)4/h2-21H2,1H3,(H,23,24);2H2,(H,3,4). The molecule has 0 radical (unpaired) electrons. The van der Waals surface area contributed by atoms with E-state index in [1.54, 1.807) is 0 Å². The molecule has 168 valence electrons. The molecule has 1 amide bonds. The summed E-state index contributed by atoms with van der Waals surface area (Å²) in [5.41, 5.74) is 4.03. The first kappa shape index (κ1) is 28.9. The third-order valence-corrected chi connectivity index (χ3v) is 4.99. The van der Waals surface area contributed by atoms with Gasteiger partial charge in [0.1, 0.15) is 0 Å². The second-order valence-electron chi connectivity index (χ2n) is 7.85. The summed E-state index contributed by atoms with van der Waals surface area (Å²) in [4.78, 5) is 19.2. The highest BCUT2D eigenvalue weighted by atomic mass is 16.4. The summed E-state index contributed by atoms with van der Waals surface area (Å²) in [6.45, 7) is 2.28. The number of hydrogen-bond acceptors (Lipinski definition) is 2. The van der Waals surface area contributed by atoms with E-state index < -0.39 is 12.1 Å². The number of amides is 1. The van der Waals surface area contributed by atoms with Gasteiger partial charge in [-0.3, -0.25) is 4.79 Å². The van der Waals surface area contributed by atoms with Gasteiger partial charge in [0.25, 0.3) is 0 Å². The van der Waals surface area contributed by atoms with E-state index in [-0.39, 0.29) is 0 Å². The van der Waals surface area contributed by atoms with E-state index in [4.69, 9.17) is 15.0 Å². The van der Waals surface area contributed by atoms with E-state index in [0.717, 1.165) is 12.8 Å². The Labute approximate surface area is 173 Å². The van der Waals surface area contributed by atoms with Crippen LogP contribution in [-0.2, 0) is 4.79 Å². The molecule has 5 nitrogen and oxygen atoms in total. The van der Waals surface area contributed by atoms with Gasteiger partial charge in [-0.15, -0.1) is 0 Å². The molecule has 0 bridgehead atoms. The lowest BCUT2D eigenvalue weighted by atomic mass is 10.0. The summed E-state index contributed by atoms with van der Waals surface area (Å²) in [6, 6.07) is 0. The Morgan fingerprint density at radius 1 is 0.536 bits per heavy atom. The highest BCUT2D eigenvalue weighted by Crippen LogP contribution is 2.14. The number of unbranched alkanes of at least 4 members (excludes halogenated alkanes) is 18. The van der Waals surface area contributed by atoms with Gasteiger partial charge in [-0.1, -0.05) is 122 Å². The molecule has 0 saturated heterocycles. The zero-order valence-electron chi connectivity index (χ0n) is 18.4. The van der Waals surface area contributed by atoms with Crippen LogP contribution in [0, 0.1) is 0 Å². The first-order valence-electron chi connectivity index (χ1n) is 11.7. The molecule has 0 aliphatic carbocycles. The Balaban J connectivity index is 0. The van der Waals surface area contributed by atoms with Crippen molar-refractivity contribution in [3.05, 3.63) is 0 Å². The fourth-order valence-electron chi connectivity index (χ4n) is 3.35. The molecule has 0 unspecified atom stereocenters. The van der Waals surface area contributed by atoms with E-state index in [1.807, 2.05) is 0 Å². The minimum atomic E-state index is -1.33. The summed E-state index contributed by atoms with van der Waals surface area (Å²) in [5, 5.41) is 15.8. The van der Waals surface area contributed by atoms with Crippen LogP contribution < -0.4 is 5.73 Å². The van der Waals surface area contributed by atoms with Gasteiger partial charge in [-0.25, -0.2) is 4.79 Å². The summed E-state index contributed by atoms with van der Waals surface area (Å²) < 4.78 is 0. The van der Waals surface area contributed by atoms with Crippen LogP contribution in [0.2, 0.25) is 0 Å². The van der Waals surface area contributed by atoms with Gasteiger partial charge in [0, 0.05) is 6.42 Å². The van der Waals surface area contributed by atoms with Crippen LogP contribution in [-0.4, -0.2) is 22.3 Å². The normalized spacial score (nSPS) is 10.3. The van der Waals surface area contributed by atoms with Crippen LogP contribution in [0.1, 0.15) is 135 Å². The van der Waals surface area contributed by atoms with E-state index in [1.165, 1.54) is 109 Å². The Bertz CT molecular complexity index is 331. The van der Waals surface area contributed by atoms with Crippen LogP contribution in [0.3, 0.4) is 0 Å². The lowest BCUT2D eigenvalue weighted by Crippen LogP contribution is -2.03. The van der Waals surface area contributed by atoms with Crippen molar-refractivity contribution in [2.45, 2.75) is 135 Å². The Morgan fingerprint density at radius 3 is 0.964 bits per heavy atom. The molecule has 0 heterocycles. The second kappa shape index (κ2) is 25.7. The third-order valence-electron chi connectivity index (χ3n) is 4.99. The number of primary amides is 1. The smallest absolute Gasteiger partial charge is 0.402 e. The Hall–Kier alpha value is -1.26. The lowest BCUT2D eigenvalue weighted by Gasteiger charge is -2.03.